The fourth-order valence-corrected chi connectivity index (χ4v) is 4.51. The standard InChI is InChI=1S/C26H30N2O7/c1-31-20-12-16-10-18(11-17(16)13-21(20)32-2)25(29)27-6-8-28(9-7-27)26(30)19-14-22(33-3)24(35-5)23(15-19)34-4/h10,12-15H,6-9,11H2,1-5H3. The van der Waals surface area contributed by atoms with Gasteiger partial charge in [0.2, 0.25) is 11.7 Å². The van der Waals surface area contributed by atoms with E-state index in [-0.39, 0.29) is 11.8 Å². The molecule has 0 bridgehead atoms. The van der Waals surface area contributed by atoms with Crippen LogP contribution in [0, 0.1) is 0 Å². The molecular formula is C26H30N2O7. The molecule has 1 aliphatic heterocycles. The molecule has 2 aromatic carbocycles. The van der Waals surface area contributed by atoms with Crippen molar-refractivity contribution in [2.45, 2.75) is 6.42 Å². The number of rotatable bonds is 7. The number of carbonyl (C=O) groups excluding carboxylic acids is 2. The number of methoxy groups -OCH3 is 5. The van der Waals surface area contributed by atoms with Crippen molar-refractivity contribution in [2.75, 3.05) is 61.7 Å². The van der Waals surface area contributed by atoms with Crippen molar-refractivity contribution >= 4 is 17.9 Å². The third-order valence-electron chi connectivity index (χ3n) is 6.40. The van der Waals surface area contributed by atoms with E-state index in [0.717, 1.165) is 16.7 Å². The largest absolute Gasteiger partial charge is 0.493 e. The summed E-state index contributed by atoms with van der Waals surface area (Å²) < 4.78 is 26.8. The van der Waals surface area contributed by atoms with Crippen molar-refractivity contribution in [1.29, 1.82) is 0 Å². The van der Waals surface area contributed by atoms with Crippen molar-refractivity contribution in [2.24, 2.45) is 0 Å². The van der Waals surface area contributed by atoms with Gasteiger partial charge in [0, 0.05) is 43.7 Å². The molecule has 1 aliphatic carbocycles. The highest BCUT2D eigenvalue weighted by Crippen LogP contribution is 2.39. The summed E-state index contributed by atoms with van der Waals surface area (Å²) in [4.78, 5) is 29.9. The Morgan fingerprint density at radius 1 is 0.657 bits per heavy atom. The summed E-state index contributed by atoms with van der Waals surface area (Å²) in [5, 5.41) is 0. The second-order valence-electron chi connectivity index (χ2n) is 8.25. The zero-order chi connectivity index (χ0) is 25.1. The van der Waals surface area contributed by atoms with E-state index in [1.165, 1.54) is 21.3 Å². The minimum Gasteiger partial charge on any atom is -0.493 e. The number of benzene rings is 2. The Labute approximate surface area is 204 Å². The second-order valence-corrected chi connectivity index (χ2v) is 8.25. The molecule has 9 nitrogen and oxygen atoms in total. The molecule has 2 aliphatic rings. The van der Waals surface area contributed by atoms with Crippen LogP contribution in [0.2, 0.25) is 0 Å². The monoisotopic (exact) mass is 482 g/mol. The number of hydrogen-bond donors (Lipinski definition) is 0. The van der Waals surface area contributed by atoms with Crippen LogP contribution in [0.3, 0.4) is 0 Å². The Morgan fingerprint density at radius 3 is 1.69 bits per heavy atom. The van der Waals surface area contributed by atoms with Gasteiger partial charge >= 0.3 is 0 Å². The van der Waals surface area contributed by atoms with E-state index >= 15 is 0 Å². The number of fused-ring (bicyclic) bond motifs is 1. The smallest absolute Gasteiger partial charge is 0.254 e. The van der Waals surface area contributed by atoms with Gasteiger partial charge in [-0.1, -0.05) is 0 Å². The Hall–Kier alpha value is -3.88. The van der Waals surface area contributed by atoms with Crippen molar-refractivity contribution in [3.8, 4) is 28.7 Å². The van der Waals surface area contributed by atoms with Gasteiger partial charge in [-0.25, -0.2) is 0 Å². The molecular weight excluding hydrogens is 452 g/mol. The minimum atomic E-state index is -0.150. The first kappa shape index (κ1) is 24.3. The molecule has 0 unspecified atom stereocenters. The van der Waals surface area contributed by atoms with Crippen LogP contribution < -0.4 is 23.7 Å². The van der Waals surface area contributed by atoms with Gasteiger partial charge in [-0.3, -0.25) is 9.59 Å². The summed E-state index contributed by atoms with van der Waals surface area (Å²) in [6, 6.07) is 7.09. The molecule has 0 atom stereocenters. The molecule has 1 heterocycles. The molecule has 1 fully saturated rings. The van der Waals surface area contributed by atoms with Crippen LogP contribution in [0.1, 0.15) is 21.5 Å². The molecule has 1 saturated heterocycles. The highest BCUT2D eigenvalue weighted by molar-refractivity contribution is 6.01. The summed E-state index contributed by atoms with van der Waals surface area (Å²) >= 11 is 0. The van der Waals surface area contributed by atoms with E-state index in [2.05, 4.69) is 0 Å². The predicted molar refractivity (Wildman–Crippen MR) is 130 cm³/mol. The van der Waals surface area contributed by atoms with Crippen LogP contribution in [-0.4, -0.2) is 83.3 Å². The lowest BCUT2D eigenvalue weighted by atomic mass is 10.1. The molecule has 4 rings (SSSR count). The normalized spacial score (nSPS) is 14.7. The van der Waals surface area contributed by atoms with Crippen LogP contribution in [-0.2, 0) is 11.2 Å². The molecule has 0 spiro atoms. The number of carbonyl (C=O) groups is 2. The van der Waals surface area contributed by atoms with Crippen LogP contribution in [0.5, 0.6) is 28.7 Å². The van der Waals surface area contributed by atoms with Crippen molar-refractivity contribution in [1.82, 2.24) is 9.80 Å². The lowest BCUT2D eigenvalue weighted by Crippen LogP contribution is -2.51. The molecule has 35 heavy (non-hydrogen) atoms. The third-order valence-corrected chi connectivity index (χ3v) is 6.40. The van der Waals surface area contributed by atoms with Crippen LogP contribution >= 0.6 is 0 Å². The molecule has 0 N–H and O–H groups in total. The number of nitrogens with zero attached hydrogens (tertiary/aromatic N) is 2. The second kappa shape index (κ2) is 10.2. The quantitative estimate of drug-likeness (QED) is 0.600. The van der Waals surface area contributed by atoms with E-state index in [1.807, 2.05) is 18.2 Å². The molecule has 0 saturated carbocycles. The summed E-state index contributed by atoms with van der Waals surface area (Å²) in [5.74, 6) is 2.39. The Kier molecular flexibility index (Phi) is 7.04. The lowest BCUT2D eigenvalue weighted by Gasteiger charge is -2.35. The molecule has 0 aromatic heterocycles. The maximum absolute atomic E-state index is 13.2. The van der Waals surface area contributed by atoms with Gasteiger partial charge in [0.25, 0.3) is 5.91 Å². The maximum atomic E-state index is 13.2. The van der Waals surface area contributed by atoms with E-state index in [0.29, 0.717) is 66.9 Å². The SMILES string of the molecule is COc1cc2c(cc1OC)CC(C(=O)N1CCN(C(=O)c3cc(OC)c(OC)c(OC)c3)CC1)=C2. The van der Waals surface area contributed by atoms with Crippen molar-refractivity contribution < 1.29 is 33.3 Å². The summed E-state index contributed by atoms with van der Waals surface area (Å²) in [6.45, 7) is 1.77. The highest BCUT2D eigenvalue weighted by Gasteiger charge is 2.30. The average Bonchev–Trinajstić information content (AvgIpc) is 3.33. The first-order valence-electron chi connectivity index (χ1n) is 11.3. The maximum Gasteiger partial charge on any atom is 0.254 e. The van der Waals surface area contributed by atoms with E-state index in [4.69, 9.17) is 23.7 Å². The Balaban J connectivity index is 1.42. The van der Waals surface area contributed by atoms with Gasteiger partial charge in [-0.15, -0.1) is 0 Å². The predicted octanol–water partition coefficient (Wildman–Crippen LogP) is 2.65. The van der Waals surface area contributed by atoms with Crippen molar-refractivity contribution in [3.63, 3.8) is 0 Å². The zero-order valence-corrected chi connectivity index (χ0v) is 20.7. The summed E-state index contributed by atoms with van der Waals surface area (Å²) in [7, 11) is 7.73. The van der Waals surface area contributed by atoms with E-state index in [1.54, 1.807) is 36.2 Å². The number of ether oxygens (including phenoxy) is 5. The van der Waals surface area contributed by atoms with E-state index < -0.39 is 0 Å². The van der Waals surface area contributed by atoms with Gasteiger partial charge in [-0.2, -0.15) is 0 Å². The van der Waals surface area contributed by atoms with Gasteiger partial charge < -0.3 is 33.5 Å². The number of amides is 2. The topological polar surface area (TPSA) is 86.8 Å². The zero-order valence-electron chi connectivity index (χ0n) is 20.7. The number of hydrogen-bond acceptors (Lipinski definition) is 7. The number of piperazine rings is 1. The first-order chi connectivity index (χ1) is 16.9. The molecule has 9 heteroatoms. The molecule has 0 radical (unpaired) electrons. The fourth-order valence-electron chi connectivity index (χ4n) is 4.51. The highest BCUT2D eigenvalue weighted by atomic mass is 16.5. The summed E-state index contributed by atoms with van der Waals surface area (Å²) in [5.41, 5.74) is 3.15. The van der Waals surface area contributed by atoms with Crippen LogP contribution in [0.4, 0.5) is 0 Å². The average molecular weight is 483 g/mol. The Morgan fingerprint density at radius 2 is 1.17 bits per heavy atom. The minimum absolute atomic E-state index is 0.0148. The van der Waals surface area contributed by atoms with Crippen LogP contribution in [0.25, 0.3) is 6.08 Å². The van der Waals surface area contributed by atoms with Crippen molar-refractivity contribution in [3.05, 3.63) is 46.5 Å². The van der Waals surface area contributed by atoms with Crippen LogP contribution in [0.15, 0.2) is 29.8 Å². The first-order valence-corrected chi connectivity index (χ1v) is 11.3. The van der Waals surface area contributed by atoms with Gasteiger partial charge in [0.1, 0.15) is 0 Å². The molecule has 2 aromatic rings. The van der Waals surface area contributed by atoms with Gasteiger partial charge in [0.15, 0.2) is 23.0 Å². The third kappa shape index (κ3) is 4.58. The lowest BCUT2D eigenvalue weighted by molar-refractivity contribution is -0.128. The fraction of sp³-hybridized carbons (Fsp3) is 0.385. The molecule has 2 amide bonds. The van der Waals surface area contributed by atoms with Gasteiger partial charge in [0.05, 0.1) is 35.5 Å². The molecule has 186 valence electrons. The summed E-state index contributed by atoms with van der Waals surface area (Å²) in [6.07, 6.45) is 2.45. The van der Waals surface area contributed by atoms with Gasteiger partial charge in [-0.05, 0) is 41.5 Å². The van der Waals surface area contributed by atoms with E-state index in [9.17, 15) is 9.59 Å². The Bertz CT molecular complexity index is 1140.